The summed E-state index contributed by atoms with van der Waals surface area (Å²) in [5, 5.41) is 15.1. The molecule has 0 aliphatic heterocycles. The fraction of sp³-hybridized carbons (Fsp3) is 0.312. The Hall–Kier alpha value is -2.39. The number of aromatic nitrogens is 3. The lowest BCUT2D eigenvalue weighted by Gasteiger charge is -2.07. The van der Waals surface area contributed by atoms with Crippen LogP contribution in [0.5, 0.6) is 5.75 Å². The van der Waals surface area contributed by atoms with Gasteiger partial charge in [0.25, 0.3) is 0 Å². The van der Waals surface area contributed by atoms with Gasteiger partial charge in [0, 0.05) is 12.0 Å². The smallest absolute Gasteiger partial charge is 0.214 e. The zero-order chi connectivity index (χ0) is 15.7. The van der Waals surface area contributed by atoms with Crippen molar-refractivity contribution in [2.24, 2.45) is 0 Å². The summed E-state index contributed by atoms with van der Waals surface area (Å²) in [5.74, 6) is 0.710. The quantitative estimate of drug-likeness (QED) is 0.738. The summed E-state index contributed by atoms with van der Waals surface area (Å²) in [7, 11) is 1.62. The number of fused-ring (bicyclic) bond motifs is 1. The van der Waals surface area contributed by atoms with Crippen LogP contribution in [-0.4, -0.2) is 21.7 Å². The van der Waals surface area contributed by atoms with E-state index in [9.17, 15) is 5.26 Å². The minimum atomic E-state index is 0.456. The molecule has 0 radical (unpaired) electrons. The lowest BCUT2D eigenvalue weighted by Crippen LogP contribution is -1.94. The Balaban J connectivity index is 2.21. The zero-order valence-electron chi connectivity index (χ0n) is 12.8. The minimum Gasteiger partial charge on any atom is -0.496 e. The third kappa shape index (κ3) is 2.34. The topological polar surface area (TPSA) is 63.2 Å². The maximum Gasteiger partial charge on any atom is 0.214 e. The molecule has 0 fully saturated rings. The molecule has 0 aliphatic rings. The van der Waals surface area contributed by atoms with Crippen LogP contribution in [0.3, 0.4) is 0 Å². The molecule has 2 aromatic heterocycles. The fourth-order valence-corrected chi connectivity index (χ4v) is 3.39. The lowest BCUT2D eigenvalue weighted by atomic mass is 10.1. The SMILES string of the molecule is CCCc1nn2c(C#N)c(-c3cc(C)ccc3OC)nc2s1. The normalized spacial score (nSPS) is 10.8. The number of methoxy groups -OCH3 is 1. The van der Waals surface area contributed by atoms with Crippen molar-refractivity contribution in [2.45, 2.75) is 26.7 Å². The van der Waals surface area contributed by atoms with Crippen molar-refractivity contribution >= 4 is 16.3 Å². The number of aryl methyl sites for hydroxylation is 2. The van der Waals surface area contributed by atoms with Gasteiger partial charge in [0.2, 0.25) is 4.96 Å². The summed E-state index contributed by atoms with van der Waals surface area (Å²) in [4.78, 5) is 5.37. The second-order valence-electron chi connectivity index (χ2n) is 5.06. The molecule has 0 amide bonds. The average Bonchev–Trinajstić information content (AvgIpc) is 3.04. The molecule has 3 aromatic rings. The van der Waals surface area contributed by atoms with Gasteiger partial charge in [-0.05, 0) is 25.5 Å². The minimum absolute atomic E-state index is 0.456. The Bertz CT molecular complexity index is 872. The van der Waals surface area contributed by atoms with Crippen molar-refractivity contribution in [2.75, 3.05) is 7.11 Å². The van der Waals surface area contributed by atoms with E-state index in [2.05, 4.69) is 23.1 Å². The first-order chi connectivity index (χ1) is 10.7. The first-order valence-electron chi connectivity index (χ1n) is 7.11. The van der Waals surface area contributed by atoms with Gasteiger partial charge < -0.3 is 4.74 Å². The molecule has 0 saturated heterocycles. The second kappa shape index (κ2) is 5.78. The number of hydrogen-bond acceptors (Lipinski definition) is 5. The van der Waals surface area contributed by atoms with E-state index in [1.54, 1.807) is 11.6 Å². The molecule has 1 aromatic carbocycles. The van der Waals surface area contributed by atoms with Crippen LogP contribution in [-0.2, 0) is 6.42 Å². The van der Waals surface area contributed by atoms with Gasteiger partial charge in [0.1, 0.15) is 22.5 Å². The van der Waals surface area contributed by atoms with Crippen LogP contribution in [0.2, 0.25) is 0 Å². The number of imidazole rings is 1. The van der Waals surface area contributed by atoms with Crippen molar-refractivity contribution in [1.29, 1.82) is 5.26 Å². The molecule has 3 rings (SSSR count). The summed E-state index contributed by atoms with van der Waals surface area (Å²) in [6.45, 7) is 4.11. The Morgan fingerprint density at radius 2 is 2.23 bits per heavy atom. The van der Waals surface area contributed by atoms with E-state index < -0.39 is 0 Å². The summed E-state index contributed by atoms with van der Waals surface area (Å²) < 4.78 is 7.06. The second-order valence-corrected chi connectivity index (χ2v) is 6.11. The summed E-state index contributed by atoms with van der Waals surface area (Å²) >= 11 is 1.53. The molecule has 0 aliphatic carbocycles. The monoisotopic (exact) mass is 312 g/mol. The molecule has 6 heteroatoms. The van der Waals surface area contributed by atoms with Gasteiger partial charge in [0.15, 0.2) is 5.69 Å². The van der Waals surface area contributed by atoms with Gasteiger partial charge in [-0.25, -0.2) is 4.98 Å². The highest BCUT2D eigenvalue weighted by atomic mass is 32.1. The summed E-state index contributed by atoms with van der Waals surface area (Å²) in [5.41, 5.74) is 3.01. The average molecular weight is 312 g/mol. The molecule has 0 saturated carbocycles. The number of benzene rings is 1. The maximum absolute atomic E-state index is 9.55. The van der Waals surface area contributed by atoms with Crippen molar-refractivity contribution in [1.82, 2.24) is 14.6 Å². The highest BCUT2D eigenvalue weighted by Crippen LogP contribution is 2.34. The van der Waals surface area contributed by atoms with E-state index in [-0.39, 0.29) is 0 Å². The Morgan fingerprint density at radius 3 is 2.91 bits per heavy atom. The van der Waals surface area contributed by atoms with Crippen molar-refractivity contribution in [3.63, 3.8) is 0 Å². The third-order valence-corrected chi connectivity index (χ3v) is 4.39. The van der Waals surface area contributed by atoms with Gasteiger partial charge in [-0.15, -0.1) is 0 Å². The van der Waals surface area contributed by atoms with Crippen LogP contribution >= 0.6 is 11.3 Å². The summed E-state index contributed by atoms with van der Waals surface area (Å²) in [6.07, 6.45) is 1.93. The molecule has 0 N–H and O–H groups in total. The number of nitrogens with zero attached hydrogens (tertiary/aromatic N) is 4. The van der Waals surface area contributed by atoms with E-state index in [1.165, 1.54) is 11.3 Å². The molecule has 112 valence electrons. The zero-order valence-corrected chi connectivity index (χ0v) is 13.6. The maximum atomic E-state index is 9.55. The molecule has 2 heterocycles. The van der Waals surface area contributed by atoms with Gasteiger partial charge in [-0.1, -0.05) is 29.9 Å². The predicted octanol–water partition coefficient (Wildman–Crippen LogP) is 3.60. The Labute approximate surface area is 132 Å². The van der Waals surface area contributed by atoms with Crippen LogP contribution in [0.1, 0.15) is 29.6 Å². The molecule has 0 spiro atoms. The van der Waals surface area contributed by atoms with Gasteiger partial charge in [-0.2, -0.15) is 14.9 Å². The Morgan fingerprint density at radius 1 is 1.41 bits per heavy atom. The molecule has 0 bridgehead atoms. The molecule has 0 unspecified atom stereocenters. The molecular weight excluding hydrogens is 296 g/mol. The van der Waals surface area contributed by atoms with Gasteiger partial charge >= 0.3 is 0 Å². The summed E-state index contributed by atoms with van der Waals surface area (Å²) in [6, 6.07) is 8.09. The standard InChI is InChI=1S/C16H16N4OS/c1-4-5-14-19-20-12(9-17)15(18-16(20)22-14)11-8-10(2)6-7-13(11)21-3/h6-8H,4-5H2,1-3H3. The highest BCUT2D eigenvalue weighted by Gasteiger charge is 2.20. The van der Waals surface area contributed by atoms with E-state index in [0.29, 0.717) is 17.1 Å². The molecule has 22 heavy (non-hydrogen) atoms. The molecule has 5 nitrogen and oxygen atoms in total. The van der Waals surface area contributed by atoms with Crippen LogP contribution < -0.4 is 4.74 Å². The van der Waals surface area contributed by atoms with E-state index in [0.717, 1.165) is 33.9 Å². The van der Waals surface area contributed by atoms with Crippen LogP contribution in [0.4, 0.5) is 0 Å². The van der Waals surface area contributed by atoms with E-state index >= 15 is 0 Å². The van der Waals surface area contributed by atoms with Gasteiger partial charge in [-0.3, -0.25) is 0 Å². The fourth-order valence-electron chi connectivity index (χ4n) is 2.40. The van der Waals surface area contributed by atoms with Crippen molar-refractivity contribution in [3.8, 4) is 23.1 Å². The van der Waals surface area contributed by atoms with E-state index in [4.69, 9.17) is 4.74 Å². The van der Waals surface area contributed by atoms with Crippen molar-refractivity contribution < 1.29 is 4.74 Å². The van der Waals surface area contributed by atoms with Gasteiger partial charge in [0.05, 0.1) is 7.11 Å². The highest BCUT2D eigenvalue weighted by molar-refractivity contribution is 7.16. The molecule has 0 atom stereocenters. The van der Waals surface area contributed by atoms with Crippen molar-refractivity contribution in [3.05, 3.63) is 34.5 Å². The third-order valence-electron chi connectivity index (χ3n) is 3.43. The first kappa shape index (κ1) is 14.5. The number of hydrogen-bond donors (Lipinski definition) is 0. The van der Waals surface area contributed by atoms with E-state index in [1.807, 2.05) is 25.1 Å². The molecular formula is C16H16N4OS. The first-order valence-corrected chi connectivity index (χ1v) is 7.93. The van der Waals surface area contributed by atoms with Crippen LogP contribution in [0, 0.1) is 18.3 Å². The number of ether oxygens (including phenoxy) is 1. The Kier molecular flexibility index (Phi) is 3.82. The predicted molar refractivity (Wildman–Crippen MR) is 86.3 cm³/mol. The number of rotatable bonds is 4. The number of nitriles is 1. The van der Waals surface area contributed by atoms with Crippen LogP contribution in [0.15, 0.2) is 18.2 Å². The van der Waals surface area contributed by atoms with Crippen LogP contribution in [0.25, 0.3) is 16.2 Å². The largest absolute Gasteiger partial charge is 0.496 e. The lowest BCUT2D eigenvalue weighted by molar-refractivity contribution is 0.416.